The zero-order chi connectivity index (χ0) is 21.0. The molecule has 1 fully saturated rings. The fraction of sp³-hybridized carbons (Fsp3) is 0.200. The lowest BCUT2D eigenvalue weighted by Gasteiger charge is -2.28. The number of aromatic nitrogens is 1. The van der Waals surface area contributed by atoms with Gasteiger partial charge in [-0.2, -0.15) is 0 Å². The molecule has 2 aromatic heterocycles. The minimum absolute atomic E-state index is 0.0860. The molecular weight excluding hydrogens is 503 g/mol. The van der Waals surface area contributed by atoms with Gasteiger partial charge in [-0.1, -0.05) is 6.07 Å². The first-order valence-electron chi connectivity index (χ1n) is 9.05. The molecule has 4 heterocycles. The number of methoxy groups -OCH3 is 1. The van der Waals surface area contributed by atoms with Crippen molar-refractivity contribution in [3.63, 3.8) is 0 Å². The summed E-state index contributed by atoms with van der Waals surface area (Å²) in [6.07, 6.45) is 1.64. The number of nitrogens with zero attached hydrogens (tertiary/aromatic N) is 2. The number of hydrogen-bond donors (Lipinski definition) is 2. The maximum atomic E-state index is 13.0. The number of benzene rings is 1. The van der Waals surface area contributed by atoms with Gasteiger partial charge in [0, 0.05) is 27.3 Å². The summed E-state index contributed by atoms with van der Waals surface area (Å²) in [4.78, 5) is 43.7. The van der Waals surface area contributed by atoms with Crippen LogP contribution in [0.25, 0.3) is 11.1 Å². The number of halogens is 1. The number of imide groups is 1. The molecule has 0 aliphatic carbocycles. The van der Waals surface area contributed by atoms with Crippen LogP contribution in [0.5, 0.6) is 5.75 Å². The normalized spacial score (nSPS) is 20.5. The Balaban J connectivity index is 1.55. The minimum Gasteiger partial charge on any atom is -0.497 e. The van der Waals surface area contributed by atoms with Crippen LogP contribution in [-0.2, 0) is 16.9 Å². The van der Waals surface area contributed by atoms with Crippen molar-refractivity contribution in [3.05, 3.63) is 57.0 Å². The van der Waals surface area contributed by atoms with Crippen LogP contribution in [0.1, 0.15) is 21.7 Å². The third-order valence-corrected chi connectivity index (χ3v) is 5.91. The van der Waals surface area contributed by atoms with Crippen LogP contribution in [0, 0.1) is 3.57 Å². The molecule has 10 heteroatoms. The van der Waals surface area contributed by atoms with Crippen LogP contribution in [0.3, 0.4) is 0 Å². The van der Waals surface area contributed by atoms with Crippen molar-refractivity contribution in [1.82, 2.24) is 20.5 Å². The molecular formula is C20H15IN4O5. The lowest BCUT2D eigenvalue weighted by molar-refractivity contribution is -0.125. The summed E-state index contributed by atoms with van der Waals surface area (Å²) in [7, 11) is 1.53. The summed E-state index contributed by atoms with van der Waals surface area (Å²) in [5, 5.41) is 5.63. The molecule has 1 saturated heterocycles. The molecule has 0 radical (unpaired) electrons. The van der Waals surface area contributed by atoms with Crippen molar-refractivity contribution >= 4 is 51.5 Å². The average Bonchev–Trinajstić information content (AvgIpc) is 3.36. The smallest absolute Gasteiger partial charge is 0.322 e. The van der Waals surface area contributed by atoms with Crippen molar-refractivity contribution in [1.29, 1.82) is 0 Å². The summed E-state index contributed by atoms with van der Waals surface area (Å²) >= 11 is 2.13. The zero-order valence-electron chi connectivity index (χ0n) is 15.7. The molecule has 9 nitrogen and oxygen atoms in total. The highest BCUT2D eigenvalue weighted by atomic mass is 127. The van der Waals surface area contributed by atoms with Gasteiger partial charge in [-0.25, -0.2) is 9.78 Å². The molecule has 0 bridgehead atoms. The van der Waals surface area contributed by atoms with Gasteiger partial charge in [0.1, 0.15) is 11.5 Å². The maximum absolute atomic E-state index is 13.0. The van der Waals surface area contributed by atoms with Crippen molar-refractivity contribution in [2.24, 2.45) is 0 Å². The Morgan fingerprint density at radius 3 is 2.83 bits per heavy atom. The highest BCUT2D eigenvalue weighted by Gasteiger charge is 2.53. The Hall–Kier alpha value is -3.15. The van der Waals surface area contributed by atoms with Crippen LogP contribution in [0.2, 0.25) is 0 Å². The summed E-state index contributed by atoms with van der Waals surface area (Å²) in [5.74, 6) is -0.0381. The Bertz CT molecular complexity index is 1240. The third kappa shape index (κ3) is 2.82. The van der Waals surface area contributed by atoms with Gasteiger partial charge in [0.15, 0.2) is 5.54 Å². The molecule has 0 unspecified atom stereocenters. The lowest BCUT2D eigenvalue weighted by Crippen LogP contribution is -2.52. The summed E-state index contributed by atoms with van der Waals surface area (Å²) < 4.78 is 11.9. The lowest BCUT2D eigenvalue weighted by atomic mass is 9.95. The van der Waals surface area contributed by atoms with E-state index in [1.54, 1.807) is 24.4 Å². The SMILES string of the molecule is COc1ccc2c(c1)C(=O)N(C[C@@]1(c3cc4cc(I)cnc4o3)NC(=O)NC1=O)C2. The van der Waals surface area contributed by atoms with Crippen LogP contribution < -0.4 is 15.4 Å². The molecule has 2 aliphatic heterocycles. The van der Waals surface area contributed by atoms with Gasteiger partial charge in [0.25, 0.3) is 11.8 Å². The van der Waals surface area contributed by atoms with E-state index in [-0.39, 0.29) is 18.2 Å². The first-order valence-corrected chi connectivity index (χ1v) is 10.1. The highest BCUT2D eigenvalue weighted by molar-refractivity contribution is 14.1. The molecule has 0 spiro atoms. The predicted octanol–water partition coefficient (Wildman–Crippen LogP) is 2.13. The van der Waals surface area contributed by atoms with Crippen molar-refractivity contribution in [2.75, 3.05) is 13.7 Å². The van der Waals surface area contributed by atoms with E-state index >= 15 is 0 Å². The number of furan rings is 1. The fourth-order valence-electron chi connectivity index (χ4n) is 3.85. The van der Waals surface area contributed by atoms with Gasteiger partial charge < -0.3 is 19.4 Å². The van der Waals surface area contributed by atoms with Crippen LogP contribution in [-0.4, -0.2) is 41.4 Å². The van der Waals surface area contributed by atoms with Gasteiger partial charge in [-0.3, -0.25) is 14.9 Å². The van der Waals surface area contributed by atoms with E-state index in [1.807, 2.05) is 12.1 Å². The van der Waals surface area contributed by atoms with Gasteiger partial charge >= 0.3 is 6.03 Å². The number of carbonyl (C=O) groups excluding carboxylic acids is 3. The number of fused-ring (bicyclic) bond motifs is 2. The summed E-state index contributed by atoms with van der Waals surface area (Å²) in [5.41, 5.74) is 0.126. The number of rotatable bonds is 4. The zero-order valence-corrected chi connectivity index (χ0v) is 17.8. The number of carbonyl (C=O) groups is 3. The number of amides is 4. The van der Waals surface area contributed by atoms with Gasteiger partial charge in [0.05, 0.1) is 13.7 Å². The minimum atomic E-state index is -1.55. The predicted molar refractivity (Wildman–Crippen MR) is 113 cm³/mol. The summed E-state index contributed by atoms with van der Waals surface area (Å²) in [6.45, 7) is 0.219. The van der Waals surface area contributed by atoms with E-state index in [4.69, 9.17) is 9.15 Å². The quantitative estimate of drug-likeness (QED) is 0.404. The Morgan fingerprint density at radius 2 is 2.10 bits per heavy atom. The number of nitrogens with one attached hydrogen (secondary N) is 2. The van der Waals surface area contributed by atoms with E-state index in [1.165, 1.54) is 12.0 Å². The van der Waals surface area contributed by atoms with Gasteiger partial charge in [-0.05, 0) is 52.4 Å². The highest BCUT2D eigenvalue weighted by Crippen LogP contribution is 2.34. The van der Waals surface area contributed by atoms with Crippen molar-refractivity contribution in [3.8, 4) is 5.75 Å². The number of hydrogen-bond acceptors (Lipinski definition) is 6. The first-order chi connectivity index (χ1) is 14.4. The number of urea groups is 1. The molecule has 152 valence electrons. The Labute approximate surface area is 183 Å². The fourth-order valence-corrected chi connectivity index (χ4v) is 4.33. The second-order valence-electron chi connectivity index (χ2n) is 7.16. The van der Waals surface area contributed by atoms with E-state index in [9.17, 15) is 14.4 Å². The Kier molecular flexibility index (Phi) is 4.20. The molecule has 30 heavy (non-hydrogen) atoms. The largest absolute Gasteiger partial charge is 0.497 e. The van der Waals surface area contributed by atoms with Gasteiger partial charge in [0.2, 0.25) is 5.71 Å². The Morgan fingerprint density at radius 1 is 1.27 bits per heavy atom. The monoisotopic (exact) mass is 518 g/mol. The second-order valence-corrected chi connectivity index (χ2v) is 8.40. The molecule has 1 aromatic carbocycles. The third-order valence-electron chi connectivity index (χ3n) is 5.32. The molecule has 4 amide bonds. The van der Waals surface area contributed by atoms with Crippen LogP contribution in [0.4, 0.5) is 4.79 Å². The molecule has 5 rings (SSSR count). The van der Waals surface area contributed by atoms with E-state index < -0.39 is 17.5 Å². The maximum Gasteiger partial charge on any atom is 0.322 e. The number of ether oxygens (including phenoxy) is 1. The first kappa shape index (κ1) is 18.9. The molecule has 2 N–H and O–H groups in total. The van der Waals surface area contributed by atoms with E-state index in [0.717, 1.165) is 9.13 Å². The van der Waals surface area contributed by atoms with E-state index in [2.05, 4.69) is 38.2 Å². The topological polar surface area (TPSA) is 114 Å². The standard InChI is InChI=1S/C20H15IN4O5/c1-29-13-3-2-10-8-25(17(26)14(10)6-13)9-20(18(27)23-19(28)24-20)15-5-11-4-12(21)7-22-16(11)30-15/h2-7H,8-9H2,1H3,(H2,23,24,27,28)/t20-/m0/s1. The van der Waals surface area contributed by atoms with E-state index in [0.29, 0.717) is 29.0 Å². The average molecular weight is 518 g/mol. The van der Waals surface area contributed by atoms with Crippen LogP contribution >= 0.6 is 22.6 Å². The number of pyridine rings is 1. The molecule has 2 aliphatic rings. The molecule has 3 aromatic rings. The molecule has 1 atom stereocenters. The second kappa shape index (κ2) is 6.69. The van der Waals surface area contributed by atoms with Gasteiger partial charge in [-0.15, -0.1) is 0 Å². The molecule has 0 saturated carbocycles. The van der Waals surface area contributed by atoms with Crippen molar-refractivity contribution in [2.45, 2.75) is 12.1 Å². The van der Waals surface area contributed by atoms with Crippen LogP contribution in [0.15, 0.2) is 40.9 Å². The van der Waals surface area contributed by atoms with Crippen molar-refractivity contribution < 1.29 is 23.5 Å². The summed E-state index contributed by atoms with van der Waals surface area (Å²) in [6, 6.07) is 8.16.